The van der Waals surface area contributed by atoms with Crippen LogP contribution >= 0.6 is 11.3 Å². The number of amides is 1. The fourth-order valence-corrected chi connectivity index (χ4v) is 3.20. The average molecular weight is 320 g/mol. The van der Waals surface area contributed by atoms with Gasteiger partial charge in [-0.05, 0) is 24.3 Å². The Labute approximate surface area is 131 Å². The third-order valence-electron chi connectivity index (χ3n) is 3.81. The van der Waals surface area contributed by atoms with Gasteiger partial charge in [-0.2, -0.15) is 0 Å². The normalized spacial score (nSPS) is 15.9. The first-order valence-electron chi connectivity index (χ1n) is 7.12. The molecule has 1 aliphatic rings. The van der Waals surface area contributed by atoms with Crippen LogP contribution in [-0.4, -0.2) is 40.0 Å². The summed E-state index contributed by atoms with van der Waals surface area (Å²) in [4.78, 5) is 30.1. The Kier molecular flexibility index (Phi) is 4.24. The lowest BCUT2D eigenvalue weighted by atomic mass is 9.97. The molecule has 0 radical (unpaired) electrons. The number of nitrogens with zero attached hydrogens (tertiary/aromatic N) is 2. The maximum atomic E-state index is 12.2. The summed E-state index contributed by atoms with van der Waals surface area (Å²) < 4.78 is 5.40. The van der Waals surface area contributed by atoms with Gasteiger partial charge in [-0.1, -0.05) is 6.07 Å². The predicted molar refractivity (Wildman–Crippen MR) is 80.5 cm³/mol. The number of hydrogen-bond donors (Lipinski definition) is 1. The van der Waals surface area contributed by atoms with Gasteiger partial charge in [0.2, 0.25) is 11.8 Å². The lowest BCUT2D eigenvalue weighted by Crippen LogP contribution is -2.41. The number of carboxylic acids is 1. The monoisotopic (exact) mass is 320 g/mol. The summed E-state index contributed by atoms with van der Waals surface area (Å²) in [6, 6.07) is 3.83. The number of oxazole rings is 1. The molecular formula is C15H16N2O4S. The highest BCUT2D eigenvalue weighted by Gasteiger charge is 2.27. The maximum absolute atomic E-state index is 12.2. The number of rotatable bonds is 4. The molecular weight excluding hydrogens is 304 g/mol. The van der Waals surface area contributed by atoms with Crippen LogP contribution < -0.4 is 0 Å². The third kappa shape index (κ3) is 3.19. The first kappa shape index (κ1) is 14.8. The molecule has 0 unspecified atom stereocenters. The van der Waals surface area contributed by atoms with E-state index in [2.05, 4.69) is 4.98 Å². The van der Waals surface area contributed by atoms with Crippen molar-refractivity contribution < 1.29 is 19.1 Å². The molecule has 0 atom stereocenters. The number of aliphatic carboxylic acids is 1. The summed E-state index contributed by atoms with van der Waals surface area (Å²) in [6.45, 7) is 0.983. The van der Waals surface area contributed by atoms with Gasteiger partial charge >= 0.3 is 5.97 Å². The van der Waals surface area contributed by atoms with E-state index in [4.69, 9.17) is 9.52 Å². The number of carboxylic acid groups (broad SMARTS) is 1. The zero-order chi connectivity index (χ0) is 15.5. The Hall–Kier alpha value is -2.15. The molecule has 1 N–H and O–H groups in total. The maximum Gasteiger partial charge on any atom is 0.306 e. The SMILES string of the molecule is O=C(O)C1CCN(C(=O)Cc2coc(-c3cccs3)n2)CC1. The molecule has 0 bridgehead atoms. The highest BCUT2D eigenvalue weighted by molar-refractivity contribution is 7.13. The minimum atomic E-state index is -0.774. The molecule has 22 heavy (non-hydrogen) atoms. The van der Waals surface area contributed by atoms with E-state index in [1.54, 1.807) is 4.90 Å². The second-order valence-corrected chi connectivity index (χ2v) is 6.24. The van der Waals surface area contributed by atoms with Crippen LogP contribution in [0.5, 0.6) is 0 Å². The smallest absolute Gasteiger partial charge is 0.306 e. The second-order valence-electron chi connectivity index (χ2n) is 5.29. The van der Waals surface area contributed by atoms with Gasteiger partial charge in [0.05, 0.1) is 22.9 Å². The van der Waals surface area contributed by atoms with E-state index in [-0.39, 0.29) is 18.2 Å². The summed E-state index contributed by atoms with van der Waals surface area (Å²) >= 11 is 1.53. The summed E-state index contributed by atoms with van der Waals surface area (Å²) in [6.07, 6.45) is 2.73. The molecule has 0 aliphatic carbocycles. The molecule has 116 valence electrons. The summed E-state index contributed by atoms with van der Waals surface area (Å²) in [7, 11) is 0. The van der Waals surface area contributed by atoms with E-state index in [1.807, 2.05) is 17.5 Å². The molecule has 1 aliphatic heterocycles. The van der Waals surface area contributed by atoms with Crippen LogP contribution in [0.2, 0.25) is 0 Å². The predicted octanol–water partition coefficient (Wildman–Crippen LogP) is 2.27. The summed E-state index contributed by atoms with van der Waals surface area (Å²) in [5, 5.41) is 10.9. The number of thiophene rings is 1. The Morgan fingerprint density at radius 1 is 1.41 bits per heavy atom. The first-order valence-corrected chi connectivity index (χ1v) is 8.00. The lowest BCUT2D eigenvalue weighted by Gasteiger charge is -2.29. The van der Waals surface area contributed by atoms with Gasteiger partial charge in [0.25, 0.3) is 0 Å². The van der Waals surface area contributed by atoms with E-state index in [1.165, 1.54) is 17.6 Å². The molecule has 0 aromatic carbocycles. The lowest BCUT2D eigenvalue weighted by molar-refractivity contribution is -0.145. The van der Waals surface area contributed by atoms with E-state index in [0.717, 1.165) is 4.88 Å². The second kappa shape index (κ2) is 6.31. The highest BCUT2D eigenvalue weighted by Crippen LogP contribution is 2.24. The van der Waals surface area contributed by atoms with Crippen molar-refractivity contribution in [2.45, 2.75) is 19.3 Å². The van der Waals surface area contributed by atoms with Crippen molar-refractivity contribution in [2.75, 3.05) is 13.1 Å². The highest BCUT2D eigenvalue weighted by atomic mass is 32.1. The minimum absolute atomic E-state index is 0.0325. The number of piperidine rings is 1. The zero-order valence-corrected chi connectivity index (χ0v) is 12.7. The van der Waals surface area contributed by atoms with Gasteiger partial charge < -0.3 is 14.4 Å². The van der Waals surface area contributed by atoms with Crippen molar-refractivity contribution >= 4 is 23.2 Å². The van der Waals surface area contributed by atoms with Crippen molar-refractivity contribution in [1.29, 1.82) is 0 Å². The van der Waals surface area contributed by atoms with Crippen molar-refractivity contribution in [3.05, 3.63) is 29.5 Å². The largest absolute Gasteiger partial charge is 0.481 e. The van der Waals surface area contributed by atoms with Gasteiger partial charge in [-0.25, -0.2) is 4.98 Å². The number of carbonyl (C=O) groups excluding carboxylic acids is 1. The zero-order valence-electron chi connectivity index (χ0n) is 11.9. The average Bonchev–Trinajstić information content (AvgIpc) is 3.18. The minimum Gasteiger partial charge on any atom is -0.481 e. The van der Waals surface area contributed by atoms with Gasteiger partial charge in [0.1, 0.15) is 6.26 Å². The Balaban J connectivity index is 1.57. The Morgan fingerprint density at radius 2 is 2.18 bits per heavy atom. The van der Waals surface area contributed by atoms with Crippen molar-refractivity contribution in [3.8, 4) is 10.8 Å². The molecule has 3 rings (SSSR count). The fourth-order valence-electron chi connectivity index (χ4n) is 2.54. The van der Waals surface area contributed by atoms with Crippen LogP contribution in [-0.2, 0) is 16.0 Å². The standard InChI is InChI=1S/C15H16N2O4S/c18-13(17-5-3-10(4-6-17)15(19)20)8-11-9-21-14(16-11)12-2-1-7-22-12/h1-2,7,9-10H,3-6,8H2,(H,19,20). The van der Waals surface area contributed by atoms with Crippen LogP contribution in [0.1, 0.15) is 18.5 Å². The molecule has 1 saturated heterocycles. The number of hydrogen-bond acceptors (Lipinski definition) is 5. The first-order chi connectivity index (χ1) is 10.6. The van der Waals surface area contributed by atoms with Crippen LogP contribution in [0.25, 0.3) is 10.8 Å². The van der Waals surface area contributed by atoms with Crippen molar-refractivity contribution in [2.24, 2.45) is 5.92 Å². The number of carbonyl (C=O) groups is 2. The molecule has 7 heteroatoms. The molecule has 2 aromatic rings. The van der Waals surface area contributed by atoms with E-state index in [9.17, 15) is 9.59 Å². The van der Waals surface area contributed by atoms with Crippen LogP contribution in [0.4, 0.5) is 0 Å². The molecule has 6 nitrogen and oxygen atoms in total. The van der Waals surface area contributed by atoms with Gasteiger partial charge in [0.15, 0.2) is 0 Å². The van der Waals surface area contributed by atoms with E-state index in [0.29, 0.717) is 37.5 Å². The Bertz CT molecular complexity index is 657. The van der Waals surface area contributed by atoms with Gasteiger partial charge in [0, 0.05) is 13.1 Å². The summed E-state index contributed by atoms with van der Waals surface area (Å²) in [5.74, 6) is -0.608. The number of aromatic nitrogens is 1. The fraction of sp³-hybridized carbons (Fsp3) is 0.400. The molecule has 0 saturated carbocycles. The molecule has 1 fully saturated rings. The van der Waals surface area contributed by atoms with Crippen molar-refractivity contribution in [1.82, 2.24) is 9.88 Å². The van der Waals surface area contributed by atoms with Gasteiger partial charge in [-0.3, -0.25) is 9.59 Å². The van der Waals surface area contributed by atoms with Gasteiger partial charge in [-0.15, -0.1) is 11.3 Å². The van der Waals surface area contributed by atoms with E-state index < -0.39 is 5.97 Å². The third-order valence-corrected chi connectivity index (χ3v) is 4.67. The number of likely N-dealkylation sites (tertiary alicyclic amines) is 1. The topological polar surface area (TPSA) is 83.6 Å². The quantitative estimate of drug-likeness (QED) is 0.934. The molecule has 0 spiro atoms. The van der Waals surface area contributed by atoms with Crippen LogP contribution in [0, 0.1) is 5.92 Å². The van der Waals surface area contributed by atoms with Crippen LogP contribution in [0.15, 0.2) is 28.2 Å². The molecule has 2 aromatic heterocycles. The Morgan fingerprint density at radius 3 is 2.82 bits per heavy atom. The van der Waals surface area contributed by atoms with E-state index >= 15 is 0 Å². The molecule has 3 heterocycles. The molecule has 1 amide bonds. The van der Waals surface area contributed by atoms with Crippen LogP contribution in [0.3, 0.4) is 0 Å². The van der Waals surface area contributed by atoms with Crippen molar-refractivity contribution in [3.63, 3.8) is 0 Å². The summed E-state index contributed by atoms with van der Waals surface area (Å²) in [5.41, 5.74) is 0.605.